The van der Waals surface area contributed by atoms with Crippen molar-refractivity contribution in [3.8, 4) is 0 Å². The first-order valence-corrected chi connectivity index (χ1v) is 8.29. The molecule has 2 heteroatoms. The van der Waals surface area contributed by atoms with Crippen LogP contribution >= 0.6 is 11.8 Å². The van der Waals surface area contributed by atoms with Crippen molar-refractivity contribution < 1.29 is 4.39 Å². The zero-order chi connectivity index (χ0) is 13.5. The molecule has 1 aliphatic rings. The number of hydrogen-bond acceptors (Lipinski definition) is 1. The first-order chi connectivity index (χ1) is 9.29. The van der Waals surface area contributed by atoms with Crippen LogP contribution in [-0.4, -0.2) is 11.5 Å². The molecule has 19 heavy (non-hydrogen) atoms. The van der Waals surface area contributed by atoms with E-state index < -0.39 is 0 Å². The van der Waals surface area contributed by atoms with E-state index in [2.05, 4.69) is 30.8 Å². The molecule has 1 atom stereocenters. The van der Waals surface area contributed by atoms with E-state index >= 15 is 0 Å². The minimum absolute atomic E-state index is 0.159. The standard InChI is InChI=1S/C17H22FS/c1-2-15(16-7-4-12-19-13-16)6-3-5-14-8-10-17(18)11-9-14/h3,6,8-11,16H,2,4-5,7,12-13H2,1H3. The molecule has 1 aromatic carbocycles. The maximum absolute atomic E-state index is 12.8. The molecule has 0 bridgehead atoms. The molecule has 1 radical (unpaired) electrons. The fraction of sp³-hybridized carbons (Fsp3) is 0.471. The summed E-state index contributed by atoms with van der Waals surface area (Å²) in [6, 6.07) is 6.79. The van der Waals surface area contributed by atoms with E-state index in [-0.39, 0.29) is 5.82 Å². The third-order valence-electron chi connectivity index (χ3n) is 3.69. The average molecular weight is 277 g/mol. The summed E-state index contributed by atoms with van der Waals surface area (Å²) >= 11 is 2.08. The highest BCUT2D eigenvalue weighted by Gasteiger charge is 2.20. The van der Waals surface area contributed by atoms with Crippen molar-refractivity contribution in [2.45, 2.75) is 32.6 Å². The fourth-order valence-electron chi connectivity index (χ4n) is 2.54. The highest BCUT2D eigenvalue weighted by atomic mass is 32.2. The van der Waals surface area contributed by atoms with Crippen molar-refractivity contribution in [3.63, 3.8) is 0 Å². The third kappa shape index (κ3) is 4.68. The second-order valence-corrected chi connectivity index (χ2v) is 6.23. The van der Waals surface area contributed by atoms with Crippen molar-refractivity contribution >= 4 is 11.8 Å². The van der Waals surface area contributed by atoms with Gasteiger partial charge in [0, 0.05) is 5.92 Å². The second-order valence-electron chi connectivity index (χ2n) is 5.08. The molecule has 0 saturated carbocycles. The SMILES string of the molecule is CC[C](C=CCc1ccc(F)cc1)C1CCCSC1. The predicted molar refractivity (Wildman–Crippen MR) is 82.8 cm³/mol. The Morgan fingerprint density at radius 3 is 2.79 bits per heavy atom. The molecule has 1 saturated heterocycles. The molecular weight excluding hydrogens is 255 g/mol. The molecule has 0 nitrogen and oxygen atoms in total. The highest BCUT2D eigenvalue weighted by Crippen LogP contribution is 2.32. The van der Waals surface area contributed by atoms with Crippen molar-refractivity contribution in [2.75, 3.05) is 11.5 Å². The van der Waals surface area contributed by atoms with Crippen molar-refractivity contribution in [2.24, 2.45) is 5.92 Å². The Morgan fingerprint density at radius 2 is 2.16 bits per heavy atom. The fourth-order valence-corrected chi connectivity index (χ4v) is 3.75. The summed E-state index contributed by atoms with van der Waals surface area (Å²) in [7, 11) is 0. The molecule has 0 aromatic heterocycles. The molecule has 0 aliphatic carbocycles. The maximum Gasteiger partial charge on any atom is 0.123 e. The molecule has 1 unspecified atom stereocenters. The molecule has 2 rings (SSSR count). The van der Waals surface area contributed by atoms with Gasteiger partial charge in [0.15, 0.2) is 0 Å². The lowest BCUT2D eigenvalue weighted by atomic mass is 9.87. The third-order valence-corrected chi connectivity index (χ3v) is 4.91. The van der Waals surface area contributed by atoms with Crippen LogP contribution in [0.2, 0.25) is 0 Å². The van der Waals surface area contributed by atoms with E-state index in [1.807, 2.05) is 12.1 Å². The van der Waals surface area contributed by atoms with E-state index in [9.17, 15) is 4.39 Å². The Bertz CT molecular complexity index is 390. The number of halogens is 1. The van der Waals surface area contributed by atoms with Gasteiger partial charge in [-0.25, -0.2) is 4.39 Å². The summed E-state index contributed by atoms with van der Waals surface area (Å²) in [5.41, 5.74) is 1.17. The van der Waals surface area contributed by atoms with E-state index in [1.54, 1.807) is 5.92 Å². The number of allylic oxidation sites excluding steroid dienone is 2. The van der Waals surface area contributed by atoms with E-state index in [0.717, 1.165) is 18.8 Å². The van der Waals surface area contributed by atoms with Crippen LogP contribution in [0.5, 0.6) is 0 Å². The van der Waals surface area contributed by atoms with Gasteiger partial charge in [0.25, 0.3) is 0 Å². The smallest absolute Gasteiger partial charge is 0.123 e. The Balaban J connectivity index is 1.86. The van der Waals surface area contributed by atoms with Gasteiger partial charge in [0.05, 0.1) is 0 Å². The van der Waals surface area contributed by atoms with Crippen LogP contribution in [0.15, 0.2) is 36.4 Å². The second kappa shape index (κ2) is 7.74. The highest BCUT2D eigenvalue weighted by molar-refractivity contribution is 7.99. The Hall–Kier alpha value is -0.760. The molecule has 1 heterocycles. The van der Waals surface area contributed by atoms with Crippen LogP contribution < -0.4 is 0 Å². The van der Waals surface area contributed by atoms with Crippen LogP contribution in [0.4, 0.5) is 4.39 Å². The summed E-state index contributed by atoms with van der Waals surface area (Å²) in [4.78, 5) is 0. The minimum Gasteiger partial charge on any atom is -0.207 e. The van der Waals surface area contributed by atoms with Gasteiger partial charge in [-0.2, -0.15) is 11.8 Å². The van der Waals surface area contributed by atoms with E-state index in [4.69, 9.17) is 0 Å². The van der Waals surface area contributed by atoms with Gasteiger partial charge in [-0.15, -0.1) is 0 Å². The lowest BCUT2D eigenvalue weighted by Gasteiger charge is -2.26. The molecular formula is C17H22FS. The largest absolute Gasteiger partial charge is 0.207 e. The van der Waals surface area contributed by atoms with Crippen molar-refractivity contribution in [1.29, 1.82) is 0 Å². The number of thioether (sulfide) groups is 1. The molecule has 1 aromatic rings. The monoisotopic (exact) mass is 277 g/mol. The summed E-state index contributed by atoms with van der Waals surface area (Å²) in [5, 5.41) is 0. The van der Waals surface area contributed by atoms with Gasteiger partial charge in [0.1, 0.15) is 5.82 Å². The van der Waals surface area contributed by atoms with Gasteiger partial charge < -0.3 is 0 Å². The van der Waals surface area contributed by atoms with Gasteiger partial charge in [-0.1, -0.05) is 31.2 Å². The number of rotatable bonds is 5. The average Bonchev–Trinajstić information content (AvgIpc) is 2.46. The Morgan fingerprint density at radius 1 is 1.37 bits per heavy atom. The van der Waals surface area contributed by atoms with Crippen LogP contribution in [0, 0.1) is 17.7 Å². The zero-order valence-corrected chi connectivity index (χ0v) is 12.4. The van der Waals surface area contributed by atoms with E-state index in [0.29, 0.717) is 0 Å². The van der Waals surface area contributed by atoms with Crippen LogP contribution in [0.25, 0.3) is 0 Å². The molecule has 1 aliphatic heterocycles. The summed E-state index contributed by atoms with van der Waals surface area (Å²) in [6.45, 7) is 2.25. The summed E-state index contributed by atoms with van der Waals surface area (Å²) in [5.74, 6) is 4.80. The molecule has 0 N–H and O–H groups in total. The Labute approximate surface area is 120 Å². The van der Waals surface area contributed by atoms with Crippen molar-refractivity contribution in [3.05, 3.63) is 53.7 Å². The zero-order valence-electron chi connectivity index (χ0n) is 11.6. The molecule has 0 amide bonds. The molecule has 1 fully saturated rings. The van der Waals surface area contributed by atoms with Gasteiger partial charge in [-0.05, 0) is 60.8 Å². The quantitative estimate of drug-likeness (QED) is 0.725. The minimum atomic E-state index is -0.159. The van der Waals surface area contributed by atoms with Gasteiger partial charge in [-0.3, -0.25) is 0 Å². The van der Waals surface area contributed by atoms with Gasteiger partial charge in [0.2, 0.25) is 0 Å². The lowest BCUT2D eigenvalue weighted by molar-refractivity contribution is 0.537. The normalized spacial score (nSPS) is 20.3. The predicted octanol–water partition coefficient (Wildman–Crippen LogP) is 5.05. The summed E-state index contributed by atoms with van der Waals surface area (Å²) < 4.78 is 12.8. The topological polar surface area (TPSA) is 0 Å². The first kappa shape index (κ1) is 14.6. The maximum atomic E-state index is 12.8. The Kier molecular flexibility index (Phi) is 5.96. The van der Waals surface area contributed by atoms with Crippen LogP contribution in [0.3, 0.4) is 0 Å². The van der Waals surface area contributed by atoms with Crippen molar-refractivity contribution in [1.82, 2.24) is 0 Å². The van der Waals surface area contributed by atoms with Crippen LogP contribution in [-0.2, 0) is 6.42 Å². The first-order valence-electron chi connectivity index (χ1n) is 7.14. The number of hydrogen-bond donors (Lipinski definition) is 0. The summed E-state index contributed by atoms with van der Waals surface area (Å²) in [6.07, 6.45) is 9.27. The number of benzene rings is 1. The lowest BCUT2D eigenvalue weighted by Crippen LogP contribution is -2.17. The van der Waals surface area contributed by atoms with Gasteiger partial charge >= 0.3 is 0 Å². The van der Waals surface area contributed by atoms with E-state index in [1.165, 1.54) is 42.0 Å². The molecule has 103 valence electrons. The molecule has 0 spiro atoms. The van der Waals surface area contributed by atoms with Crippen LogP contribution in [0.1, 0.15) is 31.7 Å².